The van der Waals surface area contributed by atoms with Crippen LogP contribution in [-0.4, -0.2) is 31.6 Å². The summed E-state index contributed by atoms with van der Waals surface area (Å²) in [7, 11) is 2.03. The molecule has 0 amide bonds. The zero-order chi connectivity index (χ0) is 11.4. The molecule has 1 unspecified atom stereocenters. The number of benzene rings is 1. The van der Waals surface area contributed by atoms with Crippen LogP contribution in [0.25, 0.3) is 0 Å². The van der Waals surface area contributed by atoms with Crippen LogP contribution < -0.4 is 5.32 Å². The molecule has 1 atom stereocenters. The Morgan fingerprint density at radius 1 is 1.31 bits per heavy atom. The lowest BCUT2D eigenvalue weighted by Crippen LogP contribution is -2.36. The summed E-state index contributed by atoms with van der Waals surface area (Å²) in [4.78, 5) is 2.57. The molecule has 16 heavy (non-hydrogen) atoms. The van der Waals surface area contributed by atoms with Crippen LogP contribution in [0.5, 0.6) is 0 Å². The van der Waals surface area contributed by atoms with Crippen molar-refractivity contribution in [2.75, 3.05) is 26.7 Å². The third-order valence-corrected chi connectivity index (χ3v) is 3.33. The number of nitrogens with one attached hydrogen (secondary N) is 1. The Bertz CT molecular complexity index is 335. The molecule has 88 valence electrons. The van der Waals surface area contributed by atoms with Gasteiger partial charge in [-0.2, -0.15) is 0 Å². The third-order valence-electron chi connectivity index (χ3n) is 3.33. The van der Waals surface area contributed by atoms with Crippen LogP contribution in [0.15, 0.2) is 24.3 Å². The molecule has 0 aliphatic carbocycles. The number of rotatable bonds is 4. The van der Waals surface area contributed by atoms with Crippen LogP contribution in [0.1, 0.15) is 18.1 Å². The molecule has 1 aromatic carbocycles. The number of hydrogen-bond donors (Lipinski definition) is 1. The first-order chi connectivity index (χ1) is 7.79. The van der Waals surface area contributed by atoms with E-state index < -0.39 is 0 Å². The molecule has 0 aromatic heterocycles. The quantitative estimate of drug-likeness (QED) is 0.830. The maximum atomic E-state index is 3.25. The van der Waals surface area contributed by atoms with E-state index in [1.807, 2.05) is 7.05 Å². The zero-order valence-electron chi connectivity index (χ0n) is 10.4. The molecule has 2 rings (SSSR count). The van der Waals surface area contributed by atoms with Gasteiger partial charge in [0.1, 0.15) is 0 Å². The van der Waals surface area contributed by atoms with Crippen molar-refractivity contribution in [1.82, 2.24) is 10.2 Å². The normalized spacial score (nSPS) is 18.1. The summed E-state index contributed by atoms with van der Waals surface area (Å²) < 4.78 is 0. The van der Waals surface area contributed by atoms with E-state index in [0.717, 1.165) is 19.0 Å². The summed E-state index contributed by atoms with van der Waals surface area (Å²) >= 11 is 0. The van der Waals surface area contributed by atoms with Gasteiger partial charge in [-0.1, -0.05) is 31.2 Å². The first kappa shape index (κ1) is 11.6. The minimum absolute atomic E-state index is 0.732. The fourth-order valence-corrected chi connectivity index (χ4v) is 2.56. The predicted molar refractivity (Wildman–Crippen MR) is 68.5 cm³/mol. The van der Waals surface area contributed by atoms with Gasteiger partial charge in [-0.25, -0.2) is 0 Å². The summed E-state index contributed by atoms with van der Waals surface area (Å²) in [6, 6.07) is 8.84. The van der Waals surface area contributed by atoms with E-state index in [-0.39, 0.29) is 0 Å². The predicted octanol–water partition coefficient (Wildman–Crippen LogP) is 1.90. The molecule has 1 aromatic rings. The van der Waals surface area contributed by atoms with Gasteiger partial charge in [0, 0.05) is 19.6 Å². The van der Waals surface area contributed by atoms with Gasteiger partial charge < -0.3 is 5.32 Å². The Kier molecular flexibility index (Phi) is 3.97. The Balaban J connectivity index is 1.92. The first-order valence-corrected chi connectivity index (χ1v) is 6.23. The molecule has 0 saturated heterocycles. The minimum Gasteiger partial charge on any atom is -0.319 e. The van der Waals surface area contributed by atoms with Crippen molar-refractivity contribution in [2.45, 2.75) is 19.9 Å². The molecule has 0 saturated carbocycles. The second-order valence-corrected chi connectivity index (χ2v) is 4.92. The summed E-state index contributed by atoms with van der Waals surface area (Å²) in [6.07, 6.45) is 1.21. The van der Waals surface area contributed by atoms with Crippen LogP contribution >= 0.6 is 0 Å². The molecular formula is C14H22N2. The molecular weight excluding hydrogens is 196 g/mol. The van der Waals surface area contributed by atoms with Gasteiger partial charge in [-0.15, -0.1) is 0 Å². The lowest BCUT2D eigenvalue weighted by molar-refractivity contribution is 0.219. The van der Waals surface area contributed by atoms with E-state index in [9.17, 15) is 0 Å². The fourth-order valence-electron chi connectivity index (χ4n) is 2.56. The number of fused-ring (bicyclic) bond motifs is 1. The first-order valence-electron chi connectivity index (χ1n) is 6.23. The van der Waals surface area contributed by atoms with Gasteiger partial charge in [0.05, 0.1) is 0 Å². The van der Waals surface area contributed by atoms with E-state index in [4.69, 9.17) is 0 Å². The topological polar surface area (TPSA) is 15.3 Å². The average Bonchev–Trinajstić information content (AvgIpc) is 2.29. The lowest BCUT2D eigenvalue weighted by atomic mass is 9.99. The molecule has 0 radical (unpaired) electrons. The SMILES string of the molecule is CNCC(C)CN1CCc2ccccc2C1. The van der Waals surface area contributed by atoms with Crippen molar-refractivity contribution in [3.05, 3.63) is 35.4 Å². The highest BCUT2D eigenvalue weighted by atomic mass is 15.1. The van der Waals surface area contributed by atoms with Crippen molar-refractivity contribution in [2.24, 2.45) is 5.92 Å². The van der Waals surface area contributed by atoms with Gasteiger partial charge in [0.2, 0.25) is 0 Å². The summed E-state index contributed by atoms with van der Waals surface area (Å²) in [6.45, 7) is 6.97. The average molecular weight is 218 g/mol. The third kappa shape index (κ3) is 2.83. The van der Waals surface area contributed by atoms with E-state index in [0.29, 0.717) is 0 Å². The van der Waals surface area contributed by atoms with Gasteiger partial charge in [0.15, 0.2) is 0 Å². The van der Waals surface area contributed by atoms with Crippen LogP contribution in [0.3, 0.4) is 0 Å². The molecule has 1 aliphatic heterocycles. The van der Waals surface area contributed by atoms with Crippen molar-refractivity contribution in [1.29, 1.82) is 0 Å². The van der Waals surface area contributed by atoms with Crippen LogP contribution in [0, 0.1) is 5.92 Å². The van der Waals surface area contributed by atoms with Gasteiger partial charge in [-0.3, -0.25) is 4.90 Å². The number of hydrogen-bond acceptors (Lipinski definition) is 2. The Labute approximate surface area is 98.7 Å². The molecule has 0 spiro atoms. The molecule has 1 heterocycles. The van der Waals surface area contributed by atoms with Gasteiger partial charge in [-0.05, 0) is 37.1 Å². The largest absolute Gasteiger partial charge is 0.319 e. The Morgan fingerprint density at radius 3 is 2.81 bits per heavy atom. The standard InChI is InChI=1S/C14H22N2/c1-12(9-15-2)10-16-8-7-13-5-3-4-6-14(13)11-16/h3-6,12,15H,7-11H2,1-2H3. The van der Waals surface area contributed by atoms with Crippen molar-refractivity contribution in [3.63, 3.8) is 0 Å². The van der Waals surface area contributed by atoms with Crippen LogP contribution in [0.2, 0.25) is 0 Å². The van der Waals surface area contributed by atoms with Crippen molar-refractivity contribution >= 4 is 0 Å². The fraction of sp³-hybridized carbons (Fsp3) is 0.571. The second kappa shape index (κ2) is 5.46. The summed E-state index contributed by atoms with van der Waals surface area (Å²) in [5.74, 6) is 0.732. The zero-order valence-corrected chi connectivity index (χ0v) is 10.4. The second-order valence-electron chi connectivity index (χ2n) is 4.92. The van der Waals surface area contributed by atoms with Crippen molar-refractivity contribution < 1.29 is 0 Å². The smallest absolute Gasteiger partial charge is 0.0236 e. The maximum Gasteiger partial charge on any atom is 0.0236 e. The number of nitrogens with zero attached hydrogens (tertiary/aromatic N) is 1. The van der Waals surface area contributed by atoms with E-state index in [2.05, 4.69) is 41.4 Å². The molecule has 2 heteroatoms. The molecule has 0 fully saturated rings. The van der Waals surface area contributed by atoms with Gasteiger partial charge >= 0.3 is 0 Å². The lowest BCUT2D eigenvalue weighted by Gasteiger charge is -2.30. The Hall–Kier alpha value is -0.860. The highest BCUT2D eigenvalue weighted by Crippen LogP contribution is 2.18. The van der Waals surface area contributed by atoms with E-state index >= 15 is 0 Å². The minimum atomic E-state index is 0.732. The highest BCUT2D eigenvalue weighted by molar-refractivity contribution is 5.28. The highest BCUT2D eigenvalue weighted by Gasteiger charge is 2.16. The maximum absolute atomic E-state index is 3.25. The molecule has 1 aliphatic rings. The van der Waals surface area contributed by atoms with E-state index in [1.54, 1.807) is 5.56 Å². The summed E-state index contributed by atoms with van der Waals surface area (Å²) in [5.41, 5.74) is 3.06. The van der Waals surface area contributed by atoms with E-state index in [1.165, 1.54) is 25.1 Å². The molecule has 1 N–H and O–H groups in total. The molecule has 0 bridgehead atoms. The van der Waals surface area contributed by atoms with Crippen LogP contribution in [-0.2, 0) is 13.0 Å². The van der Waals surface area contributed by atoms with Crippen LogP contribution in [0.4, 0.5) is 0 Å². The van der Waals surface area contributed by atoms with Crippen molar-refractivity contribution in [3.8, 4) is 0 Å². The molecule has 2 nitrogen and oxygen atoms in total. The summed E-state index contributed by atoms with van der Waals surface area (Å²) in [5, 5.41) is 3.25. The Morgan fingerprint density at radius 2 is 2.06 bits per heavy atom. The van der Waals surface area contributed by atoms with Gasteiger partial charge in [0.25, 0.3) is 0 Å². The monoisotopic (exact) mass is 218 g/mol.